The Morgan fingerprint density at radius 2 is 2.13 bits per heavy atom. The van der Waals surface area contributed by atoms with Gasteiger partial charge in [0.1, 0.15) is 0 Å². The molecule has 0 aliphatic carbocycles. The molecule has 0 saturated carbocycles. The highest BCUT2D eigenvalue weighted by molar-refractivity contribution is 5.94. The SMILES string of the molecule is Cc1cccc(C(=O)N2CCCN(CC3(C)CCNC3)CC2)c1. The highest BCUT2D eigenvalue weighted by Gasteiger charge is 2.31. The number of carbonyl (C=O) groups excluding carboxylic acids is 1. The monoisotopic (exact) mass is 315 g/mol. The first kappa shape index (κ1) is 16.5. The van der Waals surface area contributed by atoms with Gasteiger partial charge in [0.15, 0.2) is 0 Å². The normalized spacial score (nSPS) is 26.3. The van der Waals surface area contributed by atoms with E-state index >= 15 is 0 Å². The maximum absolute atomic E-state index is 12.7. The van der Waals surface area contributed by atoms with Crippen LogP contribution in [-0.2, 0) is 0 Å². The number of nitrogens with one attached hydrogen (secondary N) is 1. The molecule has 0 radical (unpaired) electrons. The van der Waals surface area contributed by atoms with Gasteiger partial charge < -0.3 is 15.1 Å². The highest BCUT2D eigenvalue weighted by atomic mass is 16.2. The Morgan fingerprint density at radius 1 is 1.26 bits per heavy atom. The summed E-state index contributed by atoms with van der Waals surface area (Å²) < 4.78 is 0. The Balaban J connectivity index is 1.58. The van der Waals surface area contributed by atoms with Crippen LogP contribution >= 0.6 is 0 Å². The molecule has 0 aromatic heterocycles. The molecule has 1 amide bonds. The quantitative estimate of drug-likeness (QED) is 0.928. The van der Waals surface area contributed by atoms with Crippen LogP contribution in [0.2, 0.25) is 0 Å². The predicted octanol–water partition coefficient (Wildman–Crippen LogP) is 2.14. The number of rotatable bonds is 3. The molecule has 23 heavy (non-hydrogen) atoms. The van der Waals surface area contributed by atoms with Gasteiger partial charge in [0, 0.05) is 38.3 Å². The largest absolute Gasteiger partial charge is 0.337 e. The van der Waals surface area contributed by atoms with Crippen molar-refractivity contribution in [3.05, 3.63) is 35.4 Å². The number of amides is 1. The van der Waals surface area contributed by atoms with Gasteiger partial charge in [0.2, 0.25) is 0 Å². The van der Waals surface area contributed by atoms with Crippen molar-refractivity contribution in [2.75, 3.05) is 45.8 Å². The van der Waals surface area contributed by atoms with Crippen LogP contribution < -0.4 is 5.32 Å². The van der Waals surface area contributed by atoms with Gasteiger partial charge in [0.05, 0.1) is 0 Å². The van der Waals surface area contributed by atoms with Crippen LogP contribution in [0.15, 0.2) is 24.3 Å². The molecule has 2 fully saturated rings. The van der Waals surface area contributed by atoms with Crippen molar-refractivity contribution < 1.29 is 4.79 Å². The van der Waals surface area contributed by atoms with Crippen molar-refractivity contribution in [1.82, 2.24) is 15.1 Å². The summed E-state index contributed by atoms with van der Waals surface area (Å²) in [7, 11) is 0. The summed E-state index contributed by atoms with van der Waals surface area (Å²) in [4.78, 5) is 17.3. The molecular formula is C19H29N3O. The van der Waals surface area contributed by atoms with Crippen LogP contribution in [0.3, 0.4) is 0 Å². The number of benzene rings is 1. The summed E-state index contributed by atoms with van der Waals surface area (Å²) >= 11 is 0. The van der Waals surface area contributed by atoms with E-state index in [2.05, 4.69) is 17.1 Å². The van der Waals surface area contributed by atoms with Crippen LogP contribution in [0.4, 0.5) is 0 Å². The fourth-order valence-electron chi connectivity index (χ4n) is 3.84. The second-order valence-electron chi connectivity index (χ2n) is 7.53. The summed E-state index contributed by atoms with van der Waals surface area (Å²) in [5.74, 6) is 0.185. The van der Waals surface area contributed by atoms with E-state index in [1.807, 2.05) is 36.1 Å². The Morgan fingerprint density at radius 3 is 2.87 bits per heavy atom. The molecule has 1 unspecified atom stereocenters. The smallest absolute Gasteiger partial charge is 0.253 e. The third kappa shape index (κ3) is 4.12. The number of hydrogen-bond donors (Lipinski definition) is 1. The van der Waals surface area contributed by atoms with E-state index in [0.717, 1.165) is 63.4 Å². The van der Waals surface area contributed by atoms with Gasteiger partial charge in [-0.25, -0.2) is 0 Å². The average molecular weight is 315 g/mol. The molecule has 2 heterocycles. The van der Waals surface area contributed by atoms with Gasteiger partial charge in [-0.15, -0.1) is 0 Å². The van der Waals surface area contributed by atoms with Crippen LogP contribution in [-0.4, -0.2) is 61.5 Å². The third-order valence-corrected chi connectivity index (χ3v) is 5.20. The summed E-state index contributed by atoms with van der Waals surface area (Å²) in [6.07, 6.45) is 2.33. The van der Waals surface area contributed by atoms with Gasteiger partial charge >= 0.3 is 0 Å². The average Bonchev–Trinajstić information content (AvgIpc) is 2.82. The molecule has 126 valence electrons. The molecule has 1 aromatic rings. The van der Waals surface area contributed by atoms with Gasteiger partial charge in [0.25, 0.3) is 5.91 Å². The summed E-state index contributed by atoms with van der Waals surface area (Å²) in [5, 5.41) is 3.48. The van der Waals surface area contributed by atoms with Crippen molar-refractivity contribution in [2.24, 2.45) is 5.41 Å². The van der Waals surface area contributed by atoms with E-state index in [-0.39, 0.29) is 5.91 Å². The van der Waals surface area contributed by atoms with E-state index in [0.29, 0.717) is 5.41 Å². The van der Waals surface area contributed by atoms with Crippen LogP contribution in [0.25, 0.3) is 0 Å². The van der Waals surface area contributed by atoms with Gasteiger partial charge in [-0.1, -0.05) is 24.6 Å². The van der Waals surface area contributed by atoms with Crippen LogP contribution in [0, 0.1) is 12.3 Å². The minimum absolute atomic E-state index is 0.185. The molecular weight excluding hydrogens is 286 g/mol. The van der Waals surface area contributed by atoms with E-state index in [1.165, 1.54) is 6.42 Å². The maximum Gasteiger partial charge on any atom is 0.253 e. The van der Waals surface area contributed by atoms with Gasteiger partial charge in [-0.05, 0) is 50.4 Å². The summed E-state index contributed by atoms with van der Waals surface area (Å²) in [5.41, 5.74) is 2.37. The third-order valence-electron chi connectivity index (χ3n) is 5.20. The van der Waals surface area contributed by atoms with Crippen LogP contribution in [0.1, 0.15) is 35.7 Å². The fourth-order valence-corrected chi connectivity index (χ4v) is 3.84. The summed E-state index contributed by atoms with van der Waals surface area (Å²) in [6, 6.07) is 7.94. The number of hydrogen-bond acceptors (Lipinski definition) is 3. The second-order valence-corrected chi connectivity index (χ2v) is 7.53. The number of carbonyl (C=O) groups is 1. The highest BCUT2D eigenvalue weighted by Crippen LogP contribution is 2.26. The molecule has 0 spiro atoms. The van der Waals surface area contributed by atoms with E-state index in [1.54, 1.807) is 0 Å². The first-order chi connectivity index (χ1) is 11.1. The lowest BCUT2D eigenvalue weighted by Gasteiger charge is -2.31. The van der Waals surface area contributed by atoms with E-state index in [9.17, 15) is 4.79 Å². The minimum atomic E-state index is 0.185. The van der Waals surface area contributed by atoms with Crippen molar-refractivity contribution >= 4 is 5.91 Å². The zero-order valence-electron chi connectivity index (χ0n) is 14.5. The molecule has 4 heteroatoms. The van der Waals surface area contributed by atoms with Gasteiger partial charge in [-0.2, -0.15) is 0 Å². The predicted molar refractivity (Wildman–Crippen MR) is 93.7 cm³/mol. The lowest BCUT2D eigenvalue weighted by atomic mass is 9.89. The molecule has 2 aliphatic heterocycles. The lowest BCUT2D eigenvalue weighted by molar-refractivity contribution is 0.0758. The molecule has 4 nitrogen and oxygen atoms in total. The minimum Gasteiger partial charge on any atom is -0.337 e. The van der Waals surface area contributed by atoms with Gasteiger partial charge in [-0.3, -0.25) is 4.79 Å². The molecule has 0 bridgehead atoms. The van der Waals surface area contributed by atoms with E-state index < -0.39 is 0 Å². The van der Waals surface area contributed by atoms with E-state index in [4.69, 9.17) is 0 Å². The molecule has 1 aromatic carbocycles. The number of nitrogens with zero attached hydrogens (tertiary/aromatic N) is 2. The maximum atomic E-state index is 12.7. The topological polar surface area (TPSA) is 35.6 Å². The molecule has 1 atom stereocenters. The van der Waals surface area contributed by atoms with Crippen LogP contribution in [0.5, 0.6) is 0 Å². The Hall–Kier alpha value is -1.39. The Labute approximate surface area is 139 Å². The lowest BCUT2D eigenvalue weighted by Crippen LogP contribution is -2.40. The second kappa shape index (κ2) is 7.02. The molecule has 2 saturated heterocycles. The first-order valence-corrected chi connectivity index (χ1v) is 8.85. The zero-order chi connectivity index (χ0) is 16.3. The Bertz CT molecular complexity index is 551. The molecule has 1 N–H and O–H groups in total. The molecule has 3 rings (SSSR count). The first-order valence-electron chi connectivity index (χ1n) is 8.85. The van der Waals surface area contributed by atoms with Crippen molar-refractivity contribution in [2.45, 2.75) is 26.7 Å². The van der Waals surface area contributed by atoms with Crippen molar-refractivity contribution in [3.8, 4) is 0 Å². The molecule has 2 aliphatic rings. The number of aryl methyl sites for hydroxylation is 1. The van der Waals surface area contributed by atoms with Crippen molar-refractivity contribution in [1.29, 1.82) is 0 Å². The standard InChI is InChI=1S/C19H29N3O/c1-16-5-3-6-17(13-16)18(23)22-10-4-9-21(11-12-22)15-19(2)7-8-20-14-19/h3,5-6,13,20H,4,7-12,14-15H2,1-2H3. The Kier molecular flexibility index (Phi) is 5.02. The summed E-state index contributed by atoms with van der Waals surface area (Å²) in [6.45, 7) is 11.6. The van der Waals surface area contributed by atoms with Crippen molar-refractivity contribution in [3.63, 3.8) is 0 Å². The zero-order valence-corrected chi connectivity index (χ0v) is 14.5. The fraction of sp³-hybridized carbons (Fsp3) is 0.632.